The molecule has 0 unspecified atom stereocenters. The summed E-state index contributed by atoms with van der Waals surface area (Å²) in [5.74, 6) is -0.664. The van der Waals surface area contributed by atoms with E-state index in [1.165, 1.54) is 13.2 Å². The molecule has 9 heteroatoms. The maximum atomic E-state index is 12.1. The van der Waals surface area contributed by atoms with E-state index in [4.69, 9.17) is 18.6 Å². The first-order valence-corrected chi connectivity index (χ1v) is 11.7. The Bertz CT molecular complexity index is 1070. The lowest BCUT2D eigenvalue weighted by atomic mass is 9.95. The molecular formula is C25H33NO8. The second-order valence-corrected chi connectivity index (χ2v) is 8.50. The van der Waals surface area contributed by atoms with Gasteiger partial charge >= 0.3 is 17.6 Å². The zero-order valence-corrected chi connectivity index (χ0v) is 20.1. The number of aromatic hydroxyl groups is 1. The van der Waals surface area contributed by atoms with Gasteiger partial charge in [-0.15, -0.1) is 0 Å². The van der Waals surface area contributed by atoms with Crippen LogP contribution in [0.2, 0.25) is 0 Å². The van der Waals surface area contributed by atoms with Gasteiger partial charge in [0, 0.05) is 31.5 Å². The number of fused-ring (bicyclic) bond motifs is 1. The number of hydrogen-bond donors (Lipinski definition) is 1. The van der Waals surface area contributed by atoms with E-state index in [0.717, 1.165) is 10.9 Å². The van der Waals surface area contributed by atoms with Crippen LogP contribution in [-0.4, -0.2) is 62.0 Å². The molecule has 1 saturated heterocycles. The van der Waals surface area contributed by atoms with Crippen LogP contribution in [0.25, 0.3) is 11.0 Å². The Morgan fingerprint density at radius 3 is 2.59 bits per heavy atom. The fraction of sp³-hybridized carbons (Fsp3) is 0.560. The molecule has 1 aliphatic heterocycles. The van der Waals surface area contributed by atoms with Gasteiger partial charge in [0.25, 0.3) is 0 Å². The average molecular weight is 476 g/mol. The van der Waals surface area contributed by atoms with Crippen LogP contribution in [0.1, 0.15) is 42.9 Å². The predicted molar refractivity (Wildman–Crippen MR) is 125 cm³/mol. The highest BCUT2D eigenvalue weighted by molar-refractivity contribution is 5.86. The van der Waals surface area contributed by atoms with Crippen LogP contribution in [0.5, 0.6) is 5.75 Å². The Balaban J connectivity index is 1.82. The van der Waals surface area contributed by atoms with Crippen molar-refractivity contribution in [2.75, 3.05) is 40.0 Å². The minimum atomic E-state index is -0.485. The van der Waals surface area contributed by atoms with Crippen molar-refractivity contribution >= 4 is 22.9 Å². The van der Waals surface area contributed by atoms with Crippen molar-refractivity contribution in [3.8, 4) is 5.75 Å². The van der Waals surface area contributed by atoms with Gasteiger partial charge in [0.2, 0.25) is 0 Å². The number of hydrogen-bond acceptors (Lipinski definition) is 9. The number of carbonyl (C=O) groups excluding carboxylic acids is 2. The zero-order chi connectivity index (χ0) is 24.7. The van der Waals surface area contributed by atoms with Crippen LogP contribution < -0.4 is 5.63 Å². The van der Waals surface area contributed by atoms with Crippen LogP contribution in [-0.2, 0) is 36.8 Å². The standard InChI is InChI=1S/C25H33NO8/c1-4-32-25(30)17-7-9-26(10-8-17)15-20-23(29)18(5-6-21(27)33-12-11-31-3)14-19-16(2)13-22(28)34-24(19)20/h13-14,17,29H,4-12,15H2,1-3H3. The number of piperidine rings is 1. The van der Waals surface area contributed by atoms with Crippen molar-refractivity contribution in [1.82, 2.24) is 4.90 Å². The number of phenols is 1. The van der Waals surface area contributed by atoms with Crippen LogP contribution >= 0.6 is 0 Å². The monoisotopic (exact) mass is 475 g/mol. The van der Waals surface area contributed by atoms with Gasteiger partial charge in [0.1, 0.15) is 17.9 Å². The maximum absolute atomic E-state index is 12.1. The van der Waals surface area contributed by atoms with Crippen molar-refractivity contribution in [3.05, 3.63) is 39.2 Å². The van der Waals surface area contributed by atoms with Gasteiger partial charge in [0.05, 0.1) is 24.7 Å². The summed E-state index contributed by atoms with van der Waals surface area (Å²) in [6.07, 6.45) is 1.70. The largest absolute Gasteiger partial charge is 0.507 e. The van der Waals surface area contributed by atoms with Crippen LogP contribution in [0.4, 0.5) is 0 Å². The number of ether oxygens (including phenoxy) is 3. The molecule has 2 heterocycles. The predicted octanol–water partition coefficient (Wildman–Crippen LogP) is 2.70. The van der Waals surface area contributed by atoms with Crippen LogP contribution in [0.3, 0.4) is 0 Å². The molecule has 3 rings (SSSR count). The minimum Gasteiger partial charge on any atom is -0.507 e. The first-order valence-electron chi connectivity index (χ1n) is 11.7. The van der Waals surface area contributed by atoms with Crippen molar-refractivity contribution in [3.63, 3.8) is 0 Å². The molecule has 2 aromatic rings. The Hall–Kier alpha value is -2.91. The molecule has 1 N–H and O–H groups in total. The maximum Gasteiger partial charge on any atom is 0.336 e. The Kier molecular flexibility index (Phi) is 9.06. The molecule has 0 bridgehead atoms. The van der Waals surface area contributed by atoms with E-state index in [1.807, 2.05) is 6.92 Å². The molecule has 1 aromatic carbocycles. The van der Waals surface area contributed by atoms with E-state index >= 15 is 0 Å². The zero-order valence-electron chi connectivity index (χ0n) is 20.1. The summed E-state index contributed by atoms with van der Waals surface area (Å²) < 4.78 is 20.6. The quantitative estimate of drug-likeness (QED) is 0.314. The number of likely N-dealkylation sites (tertiary alicyclic amines) is 1. The third-order valence-corrected chi connectivity index (χ3v) is 6.13. The topological polar surface area (TPSA) is 116 Å². The van der Waals surface area contributed by atoms with Gasteiger partial charge in [-0.25, -0.2) is 4.79 Å². The molecule has 0 amide bonds. The summed E-state index contributed by atoms with van der Waals surface area (Å²) in [5, 5.41) is 11.8. The molecule has 0 atom stereocenters. The number of methoxy groups -OCH3 is 1. The number of esters is 2. The van der Waals surface area contributed by atoms with E-state index in [9.17, 15) is 19.5 Å². The highest BCUT2D eigenvalue weighted by Gasteiger charge is 2.27. The minimum absolute atomic E-state index is 0.0125. The number of aryl methyl sites for hydroxylation is 2. The fourth-order valence-electron chi connectivity index (χ4n) is 4.26. The van der Waals surface area contributed by atoms with Crippen molar-refractivity contribution in [2.45, 2.75) is 46.1 Å². The van der Waals surface area contributed by atoms with E-state index in [1.54, 1.807) is 13.0 Å². The molecule has 0 aliphatic carbocycles. The molecular weight excluding hydrogens is 442 g/mol. The lowest BCUT2D eigenvalue weighted by Crippen LogP contribution is -2.36. The second-order valence-electron chi connectivity index (χ2n) is 8.50. The lowest BCUT2D eigenvalue weighted by Gasteiger charge is -2.31. The Labute approximate surface area is 198 Å². The van der Waals surface area contributed by atoms with Gasteiger partial charge in [0.15, 0.2) is 0 Å². The molecule has 186 valence electrons. The van der Waals surface area contributed by atoms with Gasteiger partial charge in [-0.3, -0.25) is 14.5 Å². The van der Waals surface area contributed by atoms with E-state index < -0.39 is 5.63 Å². The van der Waals surface area contributed by atoms with E-state index in [2.05, 4.69) is 4.90 Å². The Morgan fingerprint density at radius 1 is 1.18 bits per heavy atom. The summed E-state index contributed by atoms with van der Waals surface area (Å²) in [6.45, 7) is 6.13. The molecule has 1 aliphatic rings. The Morgan fingerprint density at radius 2 is 1.91 bits per heavy atom. The van der Waals surface area contributed by atoms with Gasteiger partial charge < -0.3 is 23.7 Å². The van der Waals surface area contributed by atoms with Gasteiger partial charge in [-0.1, -0.05) is 0 Å². The lowest BCUT2D eigenvalue weighted by molar-refractivity contribution is -0.149. The second kappa shape index (κ2) is 12.0. The first kappa shape index (κ1) is 25.7. The molecule has 0 saturated carbocycles. The van der Waals surface area contributed by atoms with Gasteiger partial charge in [-0.05, 0) is 63.4 Å². The average Bonchev–Trinajstić information content (AvgIpc) is 2.81. The number of nitrogens with zero attached hydrogens (tertiary/aromatic N) is 1. The number of benzene rings is 1. The highest BCUT2D eigenvalue weighted by atomic mass is 16.6. The molecule has 9 nitrogen and oxygen atoms in total. The SMILES string of the molecule is CCOC(=O)C1CCN(Cc2c(O)c(CCC(=O)OCCOC)cc3c(C)cc(=O)oc23)CC1. The molecule has 1 aromatic heterocycles. The third-order valence-electron chi connectivity index (χ3n) is 6.13. The van der Waals surface area contributed by atoms with Crippen molar-refractivity contribution in [1.29, 1.82) is 0 Å². The molecule has 1 fully saturated rings. The summed E-state index contributed by atoms with van der Waals surface area (Å²) in [4.78, 5) is 38.3. The van der Waals surface area contributed by atoms with Crippen LogP contribution in [0.15, 0.2) is 21.3 Å². The summed E-state index contributed by atoms with van der Waals surface area (Å²) in [6, 6.07) is 3.18. The molecule has 34 heavy (non-hydrogen) atoms. The summed E-state index contributed by atoms with van der Waals surface area (Å²) in [5.41, 5.74) is 1.69. The first-order chi connectivity index (χ1) is 16.3. The number of rotatable bonds is 10. The molecule has 0 spiro atoms. The summed E-state index contributed by atoms with van der Waals surface area (Å²) in [7, 11) is 1.53. The number of phenolic OH excluding ortho intramolecular Hbond substituents is 1. The summed E-state index contributed by atoms with van der Waals surface area (Å²) >= 11 is 0. The fourth-order valence-corrected chi connectivity index (χ4v) is 4.26. The number of carbonyl (C=O) groups is 2. The van der Waals surface area contributed by atoms with Gasteiger partial charge in [-0.2, -0.15) is 0 Å². The van der Waals surface area contributed by atoms with Crippen molar-refractivity contribution in [2.24, 2.45) is 5.92 Å². The van der Waals surface area contributed by atoms with E-state index in [0.29, 0.717) is 62.4 Å². The third kappa shape index (κ3) is 6.36. The highest BCUT2D eigenvalue weighted by Crippen LogP contribution is 2.35. The normalized spacial score (nSPS) is 14.9. The van der Waals surface area contributed by atoms with E-state index in [-0.39, 0.29) is 43.1 Å². The smallest absolute Gasteiger partial charge is 0.336 e. The van der Waals surface area contributed by atoms with Crippen molar-refractivity contribution < 1.29 is 33.3 Å². The molecule has 0 radical (unpaired) electrons. The van der Waals surface area contributed by atoms with Crippen LogP contribution in [0, 0.1) is 12.8 Å².